The third-order valence-corrected chi connectivity index (χ3v) is 12.2. The number of allylic oxidation sites excluding steroid dienone is 4. The number of anilines is 2. The number of methoxy groups -OCH3 is 1. The fourth-order valence-corrected chi connectivity index (χ4v) is 8.29. The maximum absolute atomic E-state index is 14.2. The first-order valence-electron chi connectivity index (χ1n) is 20.8. The summed E-state index contributed by atoms with van der Waals surface area (Å²) in [4.78, 5) is 57.6. The average molecular weight is 868 g/mol. The summed E-state index contributed by atoms with van der Waals surface area (Å²) in [6.07, 6.45) is 2.65. The Morgan fingerprint density at radius 1 is 1.02 bits per heavy atom. The van der Waals surface area contributed by atoms with Gasteiger partial charge >= 0.3 is 6.09 Å². The number of fused-ring (bicyclic) bond motifs is 14. The fourth-order valence-electron chi connectivity index (χ4n) is 8.29. The van der Waals surface area contributed by atoms with E-state index in [4.69, 9.17) is 23.7 Å². The molecule has 1 fully saturated rings. The van der Waals surface area contributed by atoms with E-state index in [2.05, 4.69) is 15.8 Å². The van der Waals surface area contributed by atoms with Crippen molar-refractivity contribution in [1.29, 1.82) is 0 Å². The molecule has 1 aromatic rings. The van der Waals surface area contributed by atoms with Gasteiger partial charge < -0.3 is 64.5 Å². The van der Waals surface area contributed by atoms with Gasteiger partial charge in [0.05, 0.1) is 48.9 Å². The molecule has 5 aliphatic rings. The number of phenolic OH excluding ortho intramolecular Hbond substituents is 2. The number of amides is 2. The van der Waals surface area contributed by atoms with E-state index >= 15 is 0 Å². The molecule has 0 aromatic heterocycles. The maximum Gasteiger partial charge on any atom is 0.407 e. The van der Waals surface area contributed by atoms with Gasteiger partial charge in [-0.25, -0.2) is 4.79 Å². The number of rotatable bonds is 7. The molecular formula is C44H61N5O13. The monoisotopic (exact) mass is 867 g/mol. The molecule has 0 saturated carbocycles. The summed E-state index contributed by atoms with van der Waals surface area (Å²) in [5, 5.41) is 56.1. The van der Waals surface area contributed by atoms with Crippen LogP contribution in [0.5, 0.6) is 11.5 Å². The Morgan fingerprint density at radius 3 is 2.32 bits per heavy atom. The number of benzene rings is 1. The van der Waals surface area contributed by atoms with Crippen LogP contribution in [0.4, 0.5) is 16.2 Å². The zero-order valence-electron chi connectivity index (χ0n) is 37.1. The molecule has 0 radical (unpaired) electrons. The highest BCUT2D eigenvalue weighted by molar-refractivity contribution is 6.22. The van der Waals surface area contributed by atoms with Crippen molar-refractivity contribution in [2.45, 2.75) is 78.7 Å². The number of nitrogens with zero attached hydrogens (tertiary/aromatic N) is 3. The van der Waals surface area contributed by atoms with Crippen LogP contribution in [0, 0.1) is 28.6 Å². The molecule has 6 rings (SSSR count). The first kappa shape index (κ1) is 47.8. The van der Waals surface area contributed by atoms with E-state index in [-0.39, 0.29) is 77.0 Å². The zero-order chi connectivity index (χ0) is 45.8. The average Bonchev–Trinajstić information content (AvgIpc) is 3.54. The Hall–Kier alpha value is -5.27. The number of ether oxygens (including phenoxy) is 5. The number of aromatic hydroxyl groups is 2. The van der Waals surface area contributed by atoms with Crippen LogP contribution in [0.25, 0.3) is 5.57 Å². The van der Waals surface area contributed by atoms with Crippen LogP contribution in [0.2, 0.25) is 0 Å². The Kier molecular flexibility index (Phi) is 15.3. The van der Waals surface area contributed by atoms with Crippen LogP contribution in [0.15, 0.2) is 58.3 Å². The lowest BCUT2D eigenvalue weighted by Gasteiger charge is -2.38. The number of carbonyl (C=O) groups excluding carboxylic acids is 3. The predicted molar refractivity (Wildman–Crippen MR) is 230 cm³/mol. The van der Waals surface area contributed by atoms with Gasteiger partial charge in [-0.15, -0.1) is 4.91 Å². The van der Waals surface area contributed by atoms with E-state index in [0.717, 1.165) is 0 Å². The van der Waals surface area contributed by atoms with Gasteiger partial charge in [-0.2, -0.15) is 0 Å². The highest BCUT2D eigenvalue weighted by Gasteiger charge is 2.52. The van der Waals surface area contributed by atoms with Gasteiger partial charge in [-0.05, 0) is 39.2 Å². The standard InChI is InChI=1S/C44H61N5O13/c1-22-12-11-13-23(2)42(55)46-32-33(49-17-20-59-21-18-49)38(54)29-30(37(32)53)36(52)27(6)40-31(29)41(47-57)44(7,62-40)60-19-14-28(58-10)24(3)39(26(5)35(51)25(4)34(22)50)61-43(56)45-15-16-48(8)9/h11-14,19,22,24-26,28,34-35,39,50-51,53-54H,15-18,20-21H2,1-10H3,(H,45,56)(H,46,55)/b12-11+,19-14+,23-13-/t22-,24+,25+,26+,28-,34-,35+,39+,44-/m0/s1. The van der Waals surface area contributed by atoms with E-state index in [9.17, 15) is 39.7 Å². The number of aliphatic hydroxyl groups is 2. The van der Waals surface area contributed by atoms with Crippen molar-refractivity contribution in [3.05, 3.63) is 69.2 Å². The molecule has 1 aromatic carbocycles. The lowest BCUT2D eigenvalue weighted by Crippen LogP contribution is -2.48. The highest BCUT2D eigenvalue weighted by atomic mass is 16.7. The largest absolute Gasteiger partial charge is 0.505 e. The van der Waals surface area contributed by atoms with Crippen LogP contribution >= 0.6 is 0 Å². The van der Waals surface area contributed by atoms with Gasteiger partial charge in [0.15, 0.2) is 17.2 Å². The molecule has 2 amide bonds. The summed E-state index contributed by atoms with van der Waals surface area (Å²) in [5.41, 5.74) is -1.19. The van der Waals surface area contributed by atoms with E-state index in [1.165, 1.54) is 46.3 Å². The second-order valence-corrected chi connectivity index (χ2v) is 16.8. The Balaban J connectivity index is 1.68. The van der Waals surface area contributed by atoms with Crippen LogP contribution in [-0.2, 0) is 28.5 Å². The summed E-state index contributed by atoms with van der Waals surface area (Å²) in [5.74, 6) is -7.36. The third kappa shape index (κ3) is 9.53. The number of likely N-dealkylation sites (N-methyl/N-ethyl adjacent to an activating group) is 1. The van der Waals surface area contributed by atoms with Gasteiger partial charge in [-0.3, -0.25) is 9.59 Å². The predicted octanol–water partition coefficient (Wildman–Crippen LogP) is 4.55. The van der Waals surface area contributed by atoms with E-state index in [0.29, 0.717) is 13.1 Å². The molecule has 62 heavy (non-hydrogen) atoms. The molecule has 18 nitrogen and oxygen atoms in total. The molecule has 9 atom stereocenters. The zero-order valence-corrected chi connectivity index (χ0v) is 37.1. The quantitative estimate of drug-likeness (QED) is 0.125. The molecule has 18 heteroatoms. The minimum atomic E-state index is -1.99. The van der Waals surface area contributed by atoms with Crippen molar-refractivity contribution in [2.75, 3.05) is 70.8 Å². The topological polar surface area (TPSA) is 238 Å². The molecule has 1 saturated heterocycles. The van der Waals surface area contributed by atoms with Crippen molar-refractivity contribution < 1.29 is 58.5 Å². The number of Topliss-reactive ketones (excluding diaryl/α,β-unsaturated/α-hetero) is 1. The van der Waals surface area contributed by atoms with Gasteiger partial charge in [-0.1, -0.05) is 45.9 Å². The van der Waals surface area contributed by atoms with Crippen LogP contribution in [-0.4, -0.2) is 134 Å². The number of hydrogen-bond acceptors (Lipinski definition) is 16. The molecule has 1 aliphatic carbocycles. The van der Waals surface area contributed by atoms with Crippen LogP contribution < -0.4 is 15.5 Å². The lowest BCUT2D eigenvalue weighted by molar-refractivity contribution is -0.126. The SMILES string of the molecule is CO[C@H]1/C=C/O[C@@]2(C)OC3=C(C)C(=O)c4c(O)c(c(N5CCOCC5)c(O)c4C3=C2N=O)NC(=O)/C(C)=C\C=C\[C@H](C)[C@H](O)[C@@H](C)[C@@H](O)[C@@H](C)[C@H](OC(=O)NCCN(C)C)[C@@H]1C. The summed E-state index contributed by atoms with van der Waals surface area (Å²) in [7, 11) is 5.16. The normalized spacial score (nSPS) is 31.8. The molecular weight excluding hydrogens is 807 g/mol. The summed E-state index contributed by atoms with van der Waals surface area (Å²) >= 11 is 0. The van der Waals surface area contributed by atoms with Crippen LogP contribution in [0.1, 0.15) is 64.4 Å². The van der Waals surface area contributed by atoms with Gasteiger partial charge in [0.2, 0.25) is 0 Å². The van der Waals surface area contributed by atoms with Crippen molar-refractivity contribution in [2.24, 2.45) is 28.8 Å². The fraction of sp³-hybridized carbons (Fsp3) is 0.568. The Morgan fingerprint density at radius 2 is 1.69 bits per heavy atom. The van der Waals surface area contributed by atoms with Gasteiger partial charge in [0, 0.05) is 80.6 Å². The highest BCUT2D eigenvalue weighted by Crippen LogP contribution is 2.58. The molecule has 4 aliphatic heterocycles. The molecule has 6 N–H and O–H groups in total. The number of nitroso groups, excluding NO2 is 1. The summed E-state index contributed by atoms with van der Waals surface area (Å²) in [6.45, 7) is 13.1. The van der Waals surface area contributed by atoms with E-state index < -0.39 is 83.2 Å². The van der Waals surface area contributed by atoms with Crippen molar-refractivity contribution in [3.8, 4) is 11.5 Å². The molecule has 0 unspecified atom stereocenters. The Bertz CT molecular complexity index is 2050. The first-order valence-corrected chi connectivity index (χ1v) is 20.8. The minimum absolute atomic E-state index is 0.0202. The second-order valence-electron chi connectivity index (χ2n) is 16.8. The smallest absolute Gasteiger partial charge is 0.407 e. The molecule has 4 heterocycles. The minimum Gasteiger partial charge on any atom is -0.505 e. The number of phenols is 2. The number of hydrogen-bond donors (Lipinski definition) is 6. The van der Waals surface area contributed by atoms with Gasteiger partial charge in [0.25, 0.3) is 11.7 Å². The van der Waals surface area contributed by atoms with Crippen molar-refractivity contribution in [1.82, 2.24) is 10.2 Å². The number of nitrogens with one attached hydrogen (secondary N) is 2. The van der Waals surface area contributed by atoms with Crippen LogP contribution in [0.3, 0.4) is 0 Å². The summed E-state index contributed by atoms with van der Waals surface area (Å²) < 4.78 is 29.7. The first-order chi connectivity index (χ1) is 29.3. The number of ketones is 1. The summed E-state index contributed by atoms with van der Waals surface area (Å²) in [6, 6.07) is 0. The number of morpholine rings is 1. The number of carbonyl (C=O) groups is 3. The third-order valence-electron chi connectivity index (χ3n) is 12.2. The van der Waals surface area contributed by atoms with E-state index in [1.54, 1.807) is 44.7 Å². The number of alkyl carbamates (subject to hydrolysis) is 1. The van der Waals surface area contributed by atoms with Gasteiger partial charge in [0.1, 0.15) is 29.0 Å². The number of aliphatic hydroxyl groups excluding tert-OH is 2. The molecule has 340 valence electrons. The van der Waals surface area contributed by atoms with Crippen molar-refractivity contribution in [3.63, 3.8) is 0 Å². The molecule has 5 bridgehead atoms. The maximum atomic E-state index is 14.2. The van der Waals surface area contributed by atoms with Crippen molar-refractivity contribution >= 4 is 34.7 Å². The molecule has 0 spiro atoms. The van der Waals surface area contributed by atoms with E-state index in [1.807, 2.05) is 19.0 Å². The lowest BCUT2D eigenvalue weighted by atomic mass is 9.78. The second kappa shape index (κ2) is 19.8. The Labute approximate surface area is 361 Å².